The molecule has 0 amide bonds. The Labute approximate surface area is 167 Å². The Bertz CT molecular complexity index is 727. The van der Waals surface area contributed by atoms with Crippen LogP contribution in [0.25, 0.3) is 5.57 Å². The van der Waals surface area contributed by atoms with Gasteiger partial charge in [-0.3, -0.25) is 4.79 Å². The van der Waals surface area contributed by atoms with Crippen LogP contribution in [0.2, 0.25) is 0 Å². The van der Waals surface area contributed by atoms with E-state index in [0.717, 1.165) is 52.3 Å². The Kier molecular flexibility index (Phi) is 8.23. The zero-order valence-electron chi connectivity index (χ0n) is 16.7. The Morgan fingerprint density at radius 2 is 2.00 bits per heavy atom. The van der Waals surface area contributed by atoms with Crippen molar-refractivity contribution in [2.75, 3.05) is 12.9 Å². The van der Waals surface area contributed by atoms with Gasteiger partial charge < -0.3 is 10.5 Å². The van der Waals surface area contributed by atoms with Gasteiger partial charge in [0.2, 0.25) is 0 Å². The molecule has 1 aliphatic rings. The lowest BCUT2D eigenvalue weighted by Gasteiger charge is -2.16. The minimum absolute atomic E-state index is 0.166. The summed E-state index contributed by atoms with van der Waals surface area (Å²) in [6.45, 7) is 8.04. The lowest BCUT2D eigenvalue weighted by Crippen LogP contribution is -2.07. The Hall–Kier alpha value is -1.94. The van der Waals surface area contributed by atoms with Crippen LogP contribution in [-0.2, 0) is 4.79 Å². The zero-order chi connectivity index (χ0) is 19.8. The third kappa shape index (κ3) is 6.62. The number of thioether (sulfide) groups is 1. The van der Waals surface area contributed by atoms with Gasteiger partial charge in [0.1, 0.15) is 11.5 Å². The molecule has 27 heavy (non-hydrogen) atoms. The highest BCUT2D eigenvalue weighted by atomic mass is 32.2. The van der Waals surface area contributed by atoms with E-state index in [1.54, 1.807) is 25.8 Å². The number of carbonyl (C=O) groups is 1. The van der Waals surface area contributed by atoms with Crippen molar-refractivity contribution in [3.63, 3.8) is 0 Å². The monoisotopic (exact) mass is 385 g/mol. The molecule has 0 spiro atoms. The van der Waals surface area contributed by atoms with Gasteiger partial charge in [0, 0.05) is 16.2 Å². The predicted molar refractivity (Wildman–Crippen MR) is 117 cm³/mol. The summed E-state index contributed by atoms with van der Waals surface area (Å²) in [5, 5.41) is 0. The molecule has 1 aliphatic carbocycles. The molecule has 1 aromatic carbocycles. The topological polar surface area (TPSA) is 52.3 Å². The van der Waals surface area contributed by atoms with Crippen LogP contribution in [0.3, 0.4) is 0 Å². The molecule has 1 saturated carbocycles. The van der Waals surface area contributed by atoms with Crippen LogP contribution >= 0.6 is 11.8 Å². The largest absolute Gasteiger partial charge is 0.497 e. The number of Topliss-reactive ketones (excluding diaryl/α,β-unsaturated/α-hetero) is 1. The van der Waals surface area contributed by atoms with Gasteiger partial charge in [0.05, 0.1) is 12.9 Å². The van der Waals surface area contributed by atoms with Crippen molar-refractivity contribution in [2.24, 2.45) is 11.7 Å². The maximum Gasteiger partial charge on any atom is 0.140 e. The van der Waals surface area contributed by atoms with Gasteiger partial charge in [-0.05, 0) is 62.3 Å². The average Bonchev–Trinajstić information content (AvgIpc) is 3.51. The van der Waals surface area contributed by atoms with E-state index in [1.807, 2.05) is 24.3 Å². The van der Waals surface area contributed by atoms with Crippen LogP contribution in [0.1, 0.15) is 51.5 Å². The van der Waals surface area contributed by atoms with Crippen molar-refractivity contribution in [1.82, 2.24) is 0 Å². The Balaban J connectivity index is 2.43. The first-order valence-corrected chi connectivity index (χ1v) is 10.6. The molecule has 3 nitrogen and oxygen atoms in total. The second kappa shape index (κ2) is 10.4. The molecule has 4 heteroatoms. The molecular weight excluding hydrogens is 354 g/mol. The number of hydrogen-bond donors (Lipinski definition) is 1. The van der Waals surface area contributed by atoms with Crippen LogP contribution in [0.15, 0.2) is 53.1 Å². The number of ether oxygens (including phenoxy) is 1. The Morgan fingerprint density at radius 3 is 2.52 bits per heavy atom. The van der Waals surface area contributed by atoms with Crippen molar-refractivity contribution in [3.05, 3.63) is 58.7 Å². The van der Waals surface area contributed by atoms with Crippen LogP contribution in [0, 0.1) is 5.92 Å². The van der Waals surface area contributed by atoms with Gasteiger partial charge in [-0.2, -0.15) is 0 Å². The first-order valence-electron chi connectivity index (χ1n) is 9.62. The quantitative estimate of drug-likeness (QED) is 0.494. The van der Waals surface area contributed by atoms with Crippen molar-refractivity contribution >= 4 is 23.1 Å². The maximum absolute atomic E-state index is 11.5. The lowest BCUT2D eigenvalue weighted by atomic mass is 9.98. The van der Waals surface area contributed by atoms with E-state index in [4.69, 9.17) is 10.5 Å². The molecule has 2 N–H and O–H groups in total. The molecule has 0 atom stereocenters. The molecule has 0 saturated heterocycles. The summed E-state index contributed by atoms with van der Waals surface area (Å²) in [6.07, 6.45) is 7.58. The lowest BCUT2D eigenvalue weighted by molar-refractivity contribution is -0.114. The number of unbranched alkanes of at least 4 members (excludes halogenated alkanes) is 1. The van der Waals surface area contributed by atoms with E-state index in [1.165, 1.54) is 12.8 Å². The fourth-order valence-electron chi connectivity index (χ4n) is 2.81. The SMILES string of the molecule is C=C(/C=C(\C(N)=C(/CCCC)SCC(C)=O)c1ccc(OC)cc1)C1CC1. The molecular formula is C23H31NO2S. The van der Waals surface area contributed by atoms with Crippen molar-refractivity contribution in [1.29, 1.82) is 0 Å². The van der Waals surface area contributed by atoms with Crippen molar-refractivity contribution in [2.45, 2.75) is 46.0 Å². The van der Waals surface area contributed by atoms with Gasteiger partial charge in [-0.25, -0.2) is 0 Å². The van der Waals surface area contributed by atoms with E-state index < -0.39 is 0 Å². The Morgan fingerprint density at radius 1 is 1.33 bits per heavy atom. The summed E-state index contributed by atoms with van der Waals surface area (Å²) in [4.78, 5) is 12.6. The summed E-state index contributed by atoms with van der Waals surface area (Å²) in [6, 6.07) is 7.96. The van der Waals surface area contributed by atoms with Gasteiger partial charge in [-0.15, -0.1) is 11.8 Å². The number of nitrogens with two attached hydrogens (primary N) is 1. The smallest absolute Gasteiger partial charge is 0.140 e. The van der Waals surface area contributed by atoms with Crippen molar-refractivity contribution < 1.29 is 9.53 Å². The highest BCUT2D eigenvalue weighted by molar-refractivity contribution is 8.03. The molecule has 0 heterocycles. The zero-order valence-corrected chi connectivity index (χ0v) is 17.5. The second-order valence-corrected chi connectivity index (χ2v) is 8.14. The summed E-state index contributed by atoms with van der Waals surface area (Å²) in [5.41, 5.74) is 10.6. The summed E-state index contributed by atoms with van der Waals surface area (Å²) in [5.74, 6) is 2.02. The predicted octanol–water partition coefficient (Wildman–Crippen LogP) is 5.73. The van der Waals surface area contributed by atoms with E-state index in [-0.39, 0.29) is 5.78 Å². The molecule has 2 rings (SSSR count). The number of allylic oxidation sites excluding steroid dienone is 4. The fourth-order valence-corrected chi connectivity index (χ4v) is 3.74. The van der Waals surface area contributed by atoms with E-state index in [0.29, 0.717) is 11.7 Å². The minimum Gasteiger partial charge on any atom is -0.497 e. The van der Waals surface area contributed by atoms with Gasteiger partial charge in [0.25, 0.3) is 0 Å². The number of ketones is 1. The third-order valence-electron chi connectivity index (χ3n) is 4.63. The highest BCUT2D eigenvalue weighted by Gasteiger charge is 2.24. The number of carbonyl (C=O) groups excluding carboxylic acids is 1. The summed E-state index contributed by atoms with van der Waals surface area (Å²) >= 11 is 1.57. The molecule has 0 aliphatic heterocycles. The minimum atomic E-state index is 0.166. The molecule has 1 aromatic rings. The summed E-state index contributed by atoms with van der Waals surface area (Å²) in [7, 11) is 1.66. The first kappa shape index (κ1) is 21.4. The molecule has 0 bridgehead atoms. The summed E-state index contributed by atoms with van der Waals surface area (Å²) < 4.78 is 5.28. The van der Waals surface area contributed by atoms with E-state index in [9.17, 15) is 4.79 Å². The third-order valence-corrected chi connectivity index (χ3v) is 5.95. The van der Waals surface area contributed by atoms with E-state index in [2.05, 4.69) is 19.6 Å². The molecule has 1 fully saturated rings. The fraction of sp³-hybridized carbons (Fsp3) is 0.435. The first-order chi connectivity index (χ1) is 13.0. The molecule has 146 valence electrons. The normalized spacial score (nSPS) is 15.3. The molecule has 0 radical (unpaired) electrons. The average molecular weight is 386 g/mol. The van der Waals surface area contributed by atoms with E-state index >= 15 is 0 Å². The maximum atomic E-state index is 11.5. The second-order valence-electron chi connectivity index (χ2n) is 7.07. The van der Waals surface area contributed by atoms with Crippen LogP contribution in [-0.4, -0.2) is 18.6 Å². The standard InChI is InChI=1S/C23H31NO2S/c1-5-6-7-22(27-15-17(3)25)23(24)21(14-16(2)18-8-9-18)19-10-12-20(26-4)13-11-19/h10-14,18H,2,5-9,15,24H2,1,3-4H3/b21-14-,23-22-. The van der Waals surface area contributed by atoms with Gasteiger partial charge >= 0.3 is 0 Å². The van der Waals surface area contributed by atoms with Crippen molar-refractivity contribution in [3.8, 4) is 5.75 Å². The number of methoxy groups -OCH3 is 1. The van der Waals surface area contributed by atoms with Crippen LogP contribution in [0.5, 0.6) is 5.75 Å². The van der Waals surface area contributed by atoms with Gasteiger partial charge in [-0.1, -0.05) is 37.6 Å². The van der Waals surface area contributed by atoms with Crippen LogP contribution in [0.4, 0.5) is 0 Å². The van der Waals surface area contributed by atoms with Crippen LogP contribution < -0.4 is 10.5 Å². The molecule has 0 unspecified atom stereocenters. The highest BCUT2D eigenvalue weighted by Crippen LogP contribution is 2.39. The molecule has 0 aromatic heterocycles. The number of benzene rings is 1. The van der Waals surface area contributed by atoms with Gasteiger partial charge in [0.15, 0.2) is 0 Å². The number of hydrogen-bond acceptors (Lipinski definition) is 4. The number of rotatable bonds is 11.